The number of amides is 1. The molecule has 3 nitrogen and oxygen atoms in total. The summed E-state index contributed by atoms with van der Waals surface area (Å²) in [5.74, 6) is 0. The Bertz CT molecular complexity index is 495. The number of ether oxygens (including phenoxy) is 1. The Hall–Kier alpha value is -1.51. The lowest BCUT2D eigenvalue weighted by atomic mass is 9.73. The zero-order valence-corrected chi connectivity index (χ0v) is 10.5. The van der Waals surface area contributed by atoms with Gasteiger partial charge in [0.1, 0.15) is 11.1 Å². The zero-order valence-electron chi connectivity index (χ0n) is 10.5. The summed E-state index contributed by atoms with van der Waals surface area (Å²) in [4.78, 5) is 13.8. The predicted molar refractivity (Wildman–Crippen MR) is 64.8 cm³/mol. The number of hydrogen-bond acceptors (Lipinski definition) is 2. The number of rotatable bonds is 0. The van der Waals surface area contributed by atoms with Crippen molar-refractivity contribution in [1.82, 2.24) is 4.90 Å². The number of fused-ring (bicyclic) bond motifs is 3. The second kappa shape index (κ2) is 3.03. The van der Waals surface area contributed by atoms with Gasteiger partial charge < -0.3 is 4.74 Å². The maximum absolute atomic E-state index is 11.9. The fourth-order valence-electron chi connectivity index (χ4n) is 3.11. The molecule has 0 N–H and O–H groups in total. The molecule has 0 saturated carbocycles. The molecule has 0 bridgehead atoms. The van der Waals surface area contributed by atoms with Crippen LogP contribution in [0.15, 0.2) is 24.3 Å². The van der Waals surface area contributed by atoms with E-state index < -0.39 is 5.60 Å². The average Bonchev–Trinajstić information content (AvgIpc) is 2.46. The van der Waals surface area contributed by atoms with Crippen LogP contribution in [0.3, 0.4) is 0 Å². The molecule has 3 heteroatoms. The number of carbonyl (C=O) groups is 1. The van der Waals surface area contributed by atoms with Gasteiger partial charge in [-0.2, -0.15) is 0 Å². The first kappa shape index (κ1) is 10.6. The van der Waals surface area contributed by atoms with Crippen molar-refractivity contribution >= 4 is 6.09 Å². The Labute approximate surface area is 101 Å². The SMILES string of the molecule is CC1(C)OC(=O)N2CCc3ccccc3[C@]21C. The minimum atomic E-state index is -0.486. The van der Waals surface area contributed by atoms with Crippen LogP contribution in [0.25, 0.3) is 0 Å². The van der Waals surface area contributed by atoms with E-state index in [1.807, 2.05) is 24.8 Å². The third kappa shape index (κ3) is 1.14. The number of carbonyl (C=O) groups excluding carboxylic acids is 1. The predicted octanol–water partition coefficient (Wildman–Crippen LogP) is 2.69. The maximum atomic E-state index is 11.9. The molecule has 90 valence electrons. The van der Waals surface area contributed by atoms with Gasteiger partial charge >= 0.3 is 6.09 Å². The van der Waals surface area contributed by atoms with E-state index in [2.05, 4.69) is 25.1 Å². The Morgan fingerprint density at radius 3 is 2.71 bits per heavy atom. The summed E-state index contributed by atoms with van der Waals surface area (Å²) in [6.07, 6.45) is 0.726. The Kier molecular flexibility index (Phi) is 1.90. The largest absolute Gasteiger partial charge is 0.440 e. The van der Waals surface area contributed by atoms with Gasteiger partial charge in [-0.05, 0) is 38.3 Å². The summed E-state index contributed by atoms with van der Waals surface area (Å²) in [7, 11) is 0. The van der Waals surface area contributed by atoms with Crippen LogP contribution < -0.4 is 0 Å². The lowest BCUT2D eigenvalue weighted by Gasteiger charge is -2.44. The molecule has 0 radical (unpaired) electrons. The van der Waals surface area contributed by atoms with Gasteiger partial charge in [-0.25, -0.2) is 4.79 Å². The van der Waals surface area contributed by atoms with Crippen LogP contribution in [0.4, 0.5) is 4.79 Å². The van der Waals surface area contributed by atoms with Crippen molar-refractivity contribution in [3.8, 4) is 0 Å². The Morgan fingerprint density at radius 1 is 1.24 bits per heavy atom. The van der Waals surface area contributed by atoms with Crippen molar-refractivity contribution in [2.24, 2.45) is 0 Å². The lowest BCUT2D eigenvalue weighted by molar-refractivity contribution is 0.0191. The molecule has 1 amide bonds. The Balaban J connectivity index is 2.25. The van der Waals surface area contributed by atoms with Crippen LogP contribution in [-0.4, -0.2) is 23.1 Å². The standard InChI is InChI=1S/C14H17NO2/c1-13(2)14(3)11-7-5-4-6-10(11)8-9-15(14)12(16)17-13/h4-7H,8-9H2,1-3H3/t14-/m0/s1. The second-order valence-corrected chi connectivity index (χ2v) is 5.51. The first-order valence-electron chi connectivity index (χ1n) is 6.06. The van der Waals surface area contributed by atoms with Crippen LogP contribution in [0.5, 0.6) is 0 Å². The summed E-state index contributed by atoms with van der Waals surface area (Å²) in [6, 6.07) is 8.36. The van der Waals surface area contributed by atoms with E-state index in [0.29, 0.717) is 0 Å². The highest BCUT2D eigenvalue weighted by Crippen LogP contribution is 2.49. The molecule has 17 heavy (non-hydrogen) atoms. The second-order valence-electron chi connectivity index (χ2n) is 5.51. The zero-order chi connectivity index (χ0) is 12.3. The van der Waals surface area contributed by atoms with E-state index in [-0.39, 0.29) is 11.6 Å². The third-order valence-electron chi connectivity index (χ3n) is 4.42. The van der Waals surface area contributed by atoms with Crippen LogP contribution in [-0.2, 0) is 16.7 Å². The first-order chi connectivity index (χ1) is 7.97. The van der Waals surface area contributed by atoms with Gasteiger partial charge in [0.25, 0.3) is 0 Å². The summed E-state index contributed by atoms with van der Waals surface area (Å²) in [5, 5.41) is 0. The molecule has 0 spiro atoms. The molecule has 1 atom stereocenters. The van der Waals surface area contributed by atoms with Gasteiger partial charge in [-0.1, -0.05) is 24.3 Å². The monoisotopic (exact) mass is 231 g/mol. The van der Waals surface area contributed by atoms with Crippen molar-refractivity contribution in [3.05, 3.63) is 35.4 Å². The minimum absolute atomic E-state index is 0.188. The van der Waals surface area contributed by atoms with Gasteiger partial charge in [-0.15, -0.1) is 0 Å². The van der Waals surface area contributed by atoms with E-state index >= 15 is 0 Å². The molecule has 1 aromatic carbocycles. The van der Waals surface area contributed by atoms with Crippen LogP contribution in [0.1, 0.15) is 31.9 Å². The van der Waals surface area contributed by atoms with Gasteiger partial charge in [-0.3, -0.25) is 4.90 Å². The average molecular weight is 231 g/mol. The summed E-state index contributed by atoms with van der Waals surface area (Å²) < 4.78 is 5.54. The van der Waals surface area contributed by atoms with Crippen LogP contribution >= 0.6 is 0 Å². The van der Waals surface area contributed by atoms with Gasteiger partial charge in [0.05, 0.1) is 0 Å². The first-order valence-corrected chi connectivity index (χ1v) is 6.06. The minimum Gasteiger partial charge on any atom is -0.440 e. The molecular weight excluding hydrogens is 214 g/mol. The molecule has 2 aliphatic rings. The summed E-state index contributed by atoms with van der Waals surface area (Å²) in [6.45, 7) is 6.84. The molecule has 3 rings (SSSR count). The normalized spacial score (nSPS) is 29.6. The van der Waals surface area contributed by atoms with Crippen LogP contribution in [0.2, 0.25) is 0 Å². The van der Waals surface area contributed by atoms with Gasteiger partial charge in [0.2, 0.25) is 0 Å². The number of nitrogens with zero attached hydrogens (tertiary/aromatic N) is 1. The fraction of sp³-hybridized carbons (Fsp3) is 0.500. The molecule has 1 fully saturated rings. The lowest BCUT2D eigenvalue weighted by Crippen LogP contribution is -2.54. The van der Waals surface area contributed by atoms with E-state index in [9.17, 15) is 4.79 Å². The van der Waals surface area contributed by atoms with E-state index in [4.69, 9.17) is 4.74 Å². The third-order valence-corrected chi connectivity index (χ3v) is 4.42. The van der Waals surface area contributed by atoms with Crippen LogP contribution in [0, 0.1) is 0 Å². The van der Waals surface area contributed by atoms with Crippen molar-refractivity contribution in [2.75, 3.05) is 6.54 Å². The molecule has 2 heterocycles. The maximum Gasteiger partial charge on any atom is 0.411 e. The smallest absolute Gasteiger partial charge is 0.411 e. The summed E-state index contributed by atoms with van der Waals surface area (Å²) in [5.41, 5.74) is 1.72. The molecule has 0 aliphatic carbocycles. The highest BCUT2D eigenvalue weighted by molar-refractivity contribution is 5.74. The molecule has 0 unspecified atom stereocenters. The summed E-state index contributed by atoms with van der Waals surface area (Å²) >= 11 is 0. The quantitative estimate of drug-likeness (QED) is 0.687. The highest BCUT2D eigenvalue weighted by atomic mass is 16.6. The molecule has 2 aliphatic heterocycles. The van der Waals surface area contributed by atoms with Crippen molar-refractivity contribution in [2.45, 2.75) is 38.3 Å². The van der Waals surface area contributed by atoms with E-state index in [1.165, 1.54) is 11.1 Å². The van der Waals surface area contributed by atoms with Gasteiger partial charge in [0, 0.05) is 6.54 Å². The Morgan fingerprint density at radius 2 is 1.94 bits per heavy atom. The van der Waals surface area contributed by atoms with E-state index in [0.717, 1.165) is 13.0 Å². The number of hydrogen-bond donors (Lipinski definition) is 0. The molecular formula is C14H17NO2. The fourth-order valence-corrected chi connectivity index (χ4v) is 3.11. The number of cyclic esters (lactones) is 1. The molecule has 1 saturated heterocycles. The van der Waals surface area contributed by atoms with E-state index in [1.54, 1.807) is 0 Å². The molecule has 1 aromatic rings. The van der Waals surface area contributed by atoms with Gasteiger partial charge in [0.15, 0.2) is 0 Å². The topological polar surface area (TPSA) is 29.5 Å². The van der Waals surface area contributed by atoms with Crippen molar-refractivity contribution in [3.63, 3.8) is 0 Å². The number of benzene rings is 1. The highest BCUT2D eigenvalue weighted by Gasteiger charge is 2.59. The van der Waals surface area contributed by atoms with Crippen molar-refractivity contribution in [1.29, 1.82) is 0 Å². The van der Waals surface area contributed by atoms with Crippen molar-refractivity contribution < 1.29 is 9.53 Å². The molecule has 0 aromatic heterocycles.